The van der Waals surface area contributed by atoms with Crippen molar-refractivity contribution in [3.05, 3.63) is 62.6 Å². The van der Waals surface area contributed by atoms with Crippen LogP contribution in [0.15, 0.2) is 34.8 Å². The van der Waals surface area contributed by atoms with Gasteiger partial charge >= 0.3 is 0 Å². The monoisotopic (exact) mass is 315 g/mol. The van der Waals surface area contributed by atoms with Crippen molar-refractivity contribution in [3.8, 4) is 11.8 Å². The highest BCUT2D eigenvalue weighted by molar-refractivity contribution is 9.10. The summed E-state index contributed by atoms with van der Waals surface area (Å²) in [6.07, 6.45) is 0.540. The number of hydrogen-bond acceptors (Lipinski definition) is 2. The van der Waals surface area contributed by atoms with Gasteiger partial charge < -0.3 is 5.11 Å². The second-order valence-electron chi connectivity index (χ2n) is 4.64. The summed E-state index contributed by atoms with van der Waals surface area (Å²) in [7, 11) is 0. The van der Waals surface area contributed by atoms with Crippen LogP contribution in [0.1, 0.15) is 27.8 Å². The van der Waals surface area contributed by atoms with E-state index in [0.29, 0.717) is 17.7 Å². The largest absolute Gasteiger partial charge is 0.507 e. The fourth-order valence-corrected chi connectivity index (χ4v) is 2.72. The van der Waals surface area contributed by atoms with Gasteiger partial charge in [-0.3, -0.25) is 0 Å². The standard InChI is InChI=1S/C16H14BrNO/c1-10-6-11(2)16(19)13(7-10)8-14-12(9-18)4-3-5-15(14)17/h3-7,19H,8H2,1-2H3. The van der Waals surface area contributed by atoms with Crippen molar-refractivity contribution >= 4 is 15.9 Å². The van der Waals surface area contributed by atoms with Crippen LogP contribution in [0.25, 0.3) is 0 Å². The van der Waals surface area contributed by atoms with E-state index in [0.717, 1.165) is 26.7 Å². The molecule has 2 aromatic rings. The molecule has 0 amide bonds. The number of hydrogen-bond donors (Lipinski definition) is 1. The summed E-state index contributed by atoms with van der Waals surface area (Å²) in [5, 5.41) is 19.3. The summed E-state index contributed by atoms with van der Waals surface area (Å²) < 4.78 is 0.894. The first-order valence-corrected chi connectivity index (χ1v) is 6.79. The molecule has 96 valence electrons. The molecule has 0 spiro atoms. The molecular weight excluding hydrogens is 302 g/mol. The van der Waals surface area contributed by atoms with Gasteiger partial charge in [0.05, 0.1) is 11.6 Å². The summed E-state index contributed by atoms with van der Waals surface area (Å²) in [5.41, 5.74) is 4.36. The summed E-state index contributed by atoms with van der Waals surface area (Å²) in [5.74, 6) is 0.310. The van der Waals surface area contributed by atoms with Gasteiger partial charge in [-0.25, -0.2) is 0 Å². The zero-order valence-corrected chi connectivity index (χ0v) is 12.5. The van der Waals surface area contributed by atoms with E-state index in [-0.39, 0.29) is 0 Å². The third kappa shape index (κ3) is 2.80. The number of phenols is 1. The topological polar surface area (TPSA) is 44.0 Å². The van der Waals surface area contributed by atoms with E-state index in [1.54, 1.807) is 6.07 Å². The highest BCUT2D eigenvalue weighted by Gasteiger charge is 2.11. The molecule has 19 heavy (non-hydrogen) atoms. The molecule has 0 radical (unpaired) electrons. The maximum atomic E-state index is 10.1. The van der Waals surface area contributed by atoms with E-state index in [2.05, 4.69) is 22.0 Å². The first-order chi connectivity index (χ1) is 9.02. The van der Waals surface area contributed by atoms with E-state index >= 15 is 0 Å². The Labute approximate surface area is 121 Å². The van der Waals surface area contributed by atoms with Crippen molar-refractivity contribution in [1.82, 2.24) is 0 Å². The average Bonchev–Trinajstić information content (AvgIpc) is 2.37. The number of rotatable bonds is 2. The zero-order valence-electron chi connectivity index (χ0n) is 10.9. The van der Waals surface area contributed by atoms with Gasteiger partial charge in [0.15, 0.2) is 0 Å². The molecule has 3 heteroatoms. The van der Waals surface area contributed by atoms with E-state index in [1.165, 1.54) is 0 Å². The van der Waals surface area contributed by atoms with E-state index in [1.807, 2.05) is 38.1 Å². The summed E-state index contributed by atoms with van der Waals surface area (Å²) in [6.45, 7) is 3.89. The summed E-state index contributed by atoms with van der Waals surface area (Å²) >= 11 is 3.47. The molecule has 0 bridgehead atoms. The van der Waals surface area contributed by atoms with Crippen LogP contribution in [-0.2, 0) is 6.42 Å². The van der Waals surface area contributed by atoms with Gasteiger partial charge in [0.2, 0.25) is 0 Å². The van der Waals surface area contributed by atoms with Crippen molar-refractivity contribution in [2.24, 2.45) is 0 Å². The lowest BCUT2D eigenvalue weighted by Crippen LogP contribution is -1.96. The molecule has 0 fully saturated rings. The minimum absolute atomic E-state index is 0.310. The van der Waals surface area contributed by atoms with Gasteiger partial charge in [-0.1, -0.05) is 39.7 Å². The van der Waals surface area contributed by atoms with Crippen LogP contribution in [0.3, 0.4) is 0 Å². The molecule has 0 aliphatic heterocycles. The van der Waals surface area contributed by atoms with E-state index < -0.39 is 0 Å². The van der Waals surface area contributed by atoms with Crippen molar-refractivity contribution < 1.29 is 5.11 Å². The Balaban J connectivity index is 2.51. The zero-order chi connectivity index (χ0) is 14.0. The van der Waals surface area contributed by atoms with Gasteiger partial charge in [0.25, 0.3) is 0 Å². The van der Waals surface area contributed by atoms with Crippen LogP contribution >= 0.6 is 15.9 Å². The van der Waals surface area contributed by atoms with E-state index in [9.17, 15) is 5.11 Å². The van der Waals surface area contributed by atoms with Crippen molar-refractivity contribution in [3.63, 3.8) is 0 Å². The second-order valence-corrected chi connectivity index (χ2v) is 5.50. The van der Waals surface area contributed by atoms with Crippen molar-refractivity contribution in [2.45, 2.75) is 20.3 Å². The summed E-state index contributed by atoms with van der Waals surface area (Å²) in [6, 6.07) is 11.6. The number of aryl methyl sites for hydroxylation is 2. The Morgan fingerprint density at radius 2 is 2.00 bits per heavy atom. The quantitative estimate of drug-likeness (QED) is 0.901. The lowest BCUT2D eigenvalue weighted by Gasteiger charge is -2.11. The number of nitriles is 1. The Kier molecular flexibility index (Phi) is 3.92. The van der Waals surface area contributed by atoms with Gasteiger partial charge in [-0.15, -0.1) is 0 Å². The Morgan fingerprint density at radius 3 is 2.68 bits per heavy atom. The fraction of sp³-hybridized carbons (Fsp3) is 0.188. The molecule has 0 aromatic heterocycles. The Bertz CT molecular complexity index is 671. The van der Waals surface area contributed by atoms with Gasteiger partial charge in [0, 0.05) is 10.9 Å². The lowest BCUT2D eigenvalue weighted by molar-refractivity contribution is 0.465. The summed E-state index contributed by atoms with van der Waals surface area (Å²) in [4.78, 5) is 0. The van der Waals surface area contributed by atoms with Gasteiger partial charge in [0.1, 0.15) is 5.75 Å². The number of phenolic OH excluding ortho intramolecular Hbond substituents is 1. The molecule has 0 atom stereocenters. The van der Waals surface area contributed by atoms with Crippen molar-refractivity contribution in [1.29, 1.82) is 5.26 Å². The minimum atomic E-state index is 0.310. The van der Waals surface area contributed by atoms with Gasteiger partial charge in [-0.2, -0.15) is 5.26 Å². The maximum Gasteiger partial charge on any atom is 0.122 e. The van der Waals surface area contributed by atoms with Crippen LogP contribution in [0, 0.1) is 25.2 Å². The van der Waals surface area contributed by atoms with Crippen LogP contribution in [0.2, 0.25) is 0 Å². The SMILES string of the molecule is Cc1cc(C)c(O)c(Cc2c(Br)cccc2C#N)c1. The number of nitrogens with zero attached hydrogens (tertiary/aromatic N) is 1. The molecule has 0 aliphatic carbocycles. The molecule has 0 saturated carbocycles. The second kappa shape index (κ2) is 5.46. The molecule has 1 N–H and O–H groups in total. The third-order valence-corrected chi connectivity index (χ3v) is 3.87. The molecule has 0 heterocycles. The predicted octanol–water partition coefficient (Wildman–Crippen LogP) is 4.23. The van der Waals surface area contributed by atoms with E-state index in [4.69, 9.17) is 5.26 Å². The maximum absolute atomic E-state index is 10.1. The molecule has 2 rings (SSSR count). The normalized spacial score (nSPS) is 10.2. The number of aromatic hydroxyl groups is 1. The first kappa shape index (κ1) is 13.6. The van der Waals surface area contributed by atoms with Gasteiger partial charge in [-0.05, 0) is 42.7 Å². The third-order valence-electron chi connectivity index (χ3n) is 3.13. The molecule has 0 aliphatic rings. The fourth-order valence-electron chi connectivity index (χ4n) is 2.22. The smallest absolute Gasteiger partial charge is 0.122 e. The highest BCUT2D eigenvalue weighted by Crippen LogP contribution is 2.30. The van der Waals surface area contributed by atoms with Crippen LogP contribution in [0.5, 0.6) is 5.75 Å². The van der Waals surface area contributed by atoms with Crippen LogP contribution in [0.4, 0.5) is 0 Å². The van der Waals surface area contributed by atoms with Crippen LogP contribution in [-0.4, -0.2) is 5.11 Å². The average molecular weight is 316 g/mol. The Morgan fingerprint density at radius 1 is 1.26 bits per heavy atom. The lowest BCUT2D eigenvalue weighted by atomic mass is 9.96. The molecule has 0 unspecified atom stereocenters. The highest BCUT2D eigenvalue weighted by atomic mass is 79.9. The first-order valence-electron chi connectivity index (χ1n) is 5.99. The van der Waals surface area contributed by atoms with Crippen molar-refractivity contribution in [2.75, 3.05) is 0 Å². The molecule has 2 aromatic carbocycles. The number of halogens is 1. The predicted molar refractivity (Wildman–Crippen MR) is 79.2 cm³/mol. The molecule has 0 saturated heterocycles. The van der Waals surface area contributed by atoms with Crippen LogP contribution < -0.4 is 0 Å². The Hall–Kier alpha value is -1.79. The number of benzene rings is 2. The minimum Gasteiger partial charge on any atom is -0.507 e. The molecular formula is C16H14BrNO. The molecule has 2 nitrogen and oxygen atoms in total.